The topological polar surface area (TPSA) is 103 Å². The van der Waals surface area contributed by atoms with Crippen LogP contribution in [0.15, 0.2) is 44.1 Å². The van der Waals surface area contributed by atoms with Gasteiger partial charge in [-0.1, -0.05) is 26.0 Å². The third-order valence-corrected chi connectivity index (χ3v) is 7.25. The third-order valence-electron chi connectivity index (χ3n) is 3.75. The number of hydrogen-bond donors (Lipinski definition) is 1. The van der Waals surface area contributed by atoms with Gasteiger partial charge in [-0.2, -0.15) is 9.39 Å². The Morgan fingerprint density at radius 2 is 1.96 bits per heavy atom. The Morgan fingerprint density at radius 1 is 1.30 bits per heavy atom. The first-order valence-electron chi connectivity index (χ1n) is 8.08. The molecule has 0 aromatic heterocycles. The van der Waals surface area contributed by atoms with E-state index in [1.54, 1.807) is 31.7 Å². The maximum absolute atomic E-state index is 12.6. The van der Waals surface area contributed by atoms with Gasteiger partial charge in [0.1, 0.15) is 5.84 Å². The molecule has 0 bridgehead atoms. The van der Waals surface area contributed by atoms with Crippen molar-refractivity contribution in [1.29, 1.82) is 5.41 Å². The van der Waals surface area contributed by atoms with Gasteiger partial charge in [0.2, 0.25) is 20.2 Å². The molecule has 1 amide bonds. The van der Waals surface area contributed by atoms with Crippen molar-refractivity contribution >= 4 is 61.7 Å². The van der Waals surface area contributed by atoms with E-state index in [9.17, 15) is 13.2 Å². The molecule has 0 saturated heterocycles. The van der Waals surface area contributed by atoms with Crippen LogP contribution in [0.25, 0.3) is 6.08 Å². The molecule has 2 heterocycles. The van der Waals surface area contributed by atoms with Crippen LogP contribution in [0.4, 0.5) is 0 Å². The Bertz CT molecular complexity index is 993. The number of hydrogen-bond acceptors (Lipinski definition) is 7. The van der Waals surface area contributed by atoms with Gasteiger partial charge in [0.15, 0.2) is 0 Å². The summed E-state index contributed by atoms with van der Waals surface area (Å²) in [6, 6.07) is 7.49. The molecule has 1 aromatic rings. The number of sulfone groups is 1. The van der Waals surface area contributed by atoms with E-state index >= 15 is 0 Å². The second kappa shape index (κ2) is 7.61. The predicted molar refractivity (Wildman–Crippen MR) is 112 cm³/mol. The van der Waals surface area contributed by atoms with Crippen molar-refractivity contribution in [2.75, 3.05) is 12.0 Å². The molecule has 0 unspecified atom stereocenters. The monoisotopic (exact) mass is 422 g/mol. The van der Waals surface area contributed by atoms with Crippen LogP contribution in [0.3, 0.4) is 0 Å². The molecule has 0 atom stereocenters. The fraction of sp³-hybridized carbons (Fsp3) is 0.294. The number of aliphatic imine (C=N–C) groups is 1. The van der Waals surface area contributed by atoms with Crippen molar-refractivity contribution in [3.05, 3.63) is 35.4 Å². The fourth-order valence-electron chi connectivity index (χ4n) is 2.58. The first-order valence-corrected chi connectivity index (χ1v) is 11.7. The molecule has 27 heavy (non-hydrogen) atoms. The molecule has 2 aliphatic rings. The van der Waals surface area contributed by atoms with Gasteiger partial charge in [-0.15, -0.1) is 11.8 Å². The summed E-state index contributed by atoms with van der Waals surface area (Å²) in [5.41, 5.74) is 0.764. The van der Waals surface area contributed by atoms with Crippen LogP contribution in [0.2, 0.25) is 0 Å². The second-order valence-corrected chi connectivity index (χ2v) is 9.89. The highest BCUT2D eigenvalue weighted by Crippen LogP contribution is 2.30. The third kappa shape index (κ3) is 4.02. The highest BCUT2D eigenvalue weighted by atomic mass is 32.2. The average molecular weight is 423 g/mol. The van der Waals surface area contributed by atoms with Gasteiger partial charge < -0.3 is 0 Å². The van der Waals surface area contributed by atoms with Gasteiger partial charge in [0, 0.05) is 4.90 Å². The zero-order valence-electron chi connectivity index (χ0n) is 15.0. The van der Waals surface area contributed by atoms with Crippen LogP contribution in [-0.4, -0.2) is 47.4 Å². The molecule has 3 rings (SSSR count). The Hall–Kier alpha value is -1.91. The number of carbonyl (C=O) groups excluding carboxylic acids is 1. The summed E-state index contributed by atoms with van der Waals surface area (Å²) >= 11 is 2.40. The number of benzene rings is 1. The molecule has 0 spiro atoms. The molecule has 142 valence electrons. The number of amidine groups is 3. The van der Waals surface area contributed by atoms with Crippen LogP contribution >= 0.6 is 23.7 Å². The standard InChI is InChI=1S/C17H18N4O3S3/c1-10(2)9-27(23,24)17-20-26-16-19-15(22)13(14(18)21(16)17)8-11-4-6-12(25-3)7-5-11/h4-8,10,18H,9H2,1-3H3/b13-8-,18-14?. The maximum atomic E-state index is 12.6. The molecule has 1 aromatic carbocycles. The van der Waals surface area contributed by atoms with E-state index in [2.05, 4.69) is 9.39 Å². The van der Waals surface area contributed by atoms with Gasteiger partial charge in [-0.3, -0.25) is 10.2 Å². The lowest BCUT2D eigenvalue weighted by molar-refractivity contribution is -0.114. The van der Waals surface area contributed by atoms with Gasteiger partial charge >= 0.3 is 0 Å². The molecule has 7 nitrogen and oxygen atoms in total. The summed E-state index contributed by atoms with van der Waals surface area (Å²) in [6.45, 7) is 3.59. The molecular formula is C17H18N4O3S3. The van der Waals surface area contributed by atoms with Crippen LogP contribution < -0.4 is 0 Å². The highest BCUT2D eigenvalue weighted by Gasteiger charge is 2.42. The zero-order valence-corrected chi connectivity index (χ0v) is 17.4. The number of fused-ring (bicyclic) bond motifs is 1. The quantitative estimate of drug-likeness (QED) is 0.454. The molecule has 0 aliphatic carbocycles. The predicted octanol–water partition coefficient (Wildman–Crippen LogP) is 3.06. The smallest absolute Gasteiger partial charge is 0.283 e. The van der Waals surface area contributed by atoms with Crippen molar-refractivity contribution in [3.63, 3.8) is 0 Å². The van der Waals surface area contributed by atoms with Crippen LogP contribution in [0.5, 0.6) is 0 Å². The number of nitrogens with one attached hydrogen (secondary N) is 1. The van der Waals surface area contributed by atoms with E-state index in [0.717, 1.165) is 27.3 Å². The molecule has 1 N–H and O–H groups in total. The van der Waals surface area contributed by atoms with Crippen LogP contribution in [0, 0.1) is 11.3 Å². The second-order valence-electron chi connectivity index (χ2n) is 6.36. The summed E-state index contributed by atoms with van der Waals surface area (Å²) in [5, 5.41) is 8.28. The fourth-order valence-corrected chi connectivity index (χ4v) is 5.72. The zero-order chi connectivity index (χ0) is 19.8. The maximum Gasteiger partial charge on any atom is 0.283 e. The van der Waals surface area contributed by atoms with Crippen molar-refractivity contribution < 1.29 is 13.2 Å². The Morgan fingerprint density at radius 3 is 2.56 bits per heavy atom. The van der Waals surface area contributed by atoms with Crippen LogP contribution in [0.1, 0.15) is 19.4 Å². The molecular weight excluding hydrogens is 404 g/mol. The highest BCUT2D eigenvalue weighted by molar-refractivity contribution is 8.16. The Kier molecular flexibility index (Phi) is 5.59. The average Bonchev–Trinajstić information content (AvgIpc) is 3.03. The van der Waals surface area contributed by atoms with E-state index in [-0.39, 0.29) is 33.4 Å². The van der Waals surface area contributed by atoms with Crippen molar-refractivity contribution in [3.8, 4) is 0 Å². The SMILES string of the molecule is CSc1ccc(/C=C2/C(=N)N3C(=NC2=O)SN=C3S(=O)(=O)CC(C)C)cc1. The summed E-state index contributed by atoms with van der Waals surface area (Å²) in [7, 11) is -3.69. The molecule has 0 fully saturated rings. The van der Waals surface area contributed by atoms with Crippen molar-refractivity contribution in [2.45, 2.75) is 18.7 Å². The largest absolute Gasteiger partial charge is 0.283 e. The van der Waals surface area contributed by atoms with Crippen molar-refractivity contribution in [1.82, 2.24) is 4.90 Å². The summed E-state index contributed by atoms with van der Waals surface area (Å²) in [5.74, 6) is -0.984. The van der Waals surface area contributed by atoms with E-state index < -0.39 is 15.7 Å². The van der Waals surface area contributed by atoms with E-state index in [4.69, 9.17) is 5.41 Å². The lowest BCUT2D eigenvalue weighted by Gasteiger charge is -2.24. The number of nitrogens with zero attached hydrogens (tertiary/aromatic N) is 3. The Labute approximate surface area is 166 Å². The minimum Gasteiger partial charge on any atom is -0.283 e. The Balaban J connectivity index is 1.97. The minimum atomic E-state index is -3.69. The molecule has 0 saturated carbocycles. The summed E-state index contributed by atoms with van der Waals surface area (Å²) < 4.78 is 29.2. The minimum absolute atomic E-state index is 0.0330. The molecule has 10 heteroatoms. The van der Waals surface area contributed by atoms with Crippen molar-refractivity contribution in [2.24, 2.45) is 15.3 Å². The number of carbonyl (C=O) groups is 1. The van der Waals surface area contributed by atoms with Crippen LogP contribution in [-0.2, 0) is 14.6 Å². The van der Waals surface area contributed by atoms with Gasteiger partial charge in [-0.25, -0.2) is 13.3 Å². The lowest BCUT2D eigenvalue weighted by atomic mass is 10.1. The van der Waals surface area contributed by atoms with Gasteiger partial charge in [0.05, 0.1) is 23.3 Å². The number of rotatable bonds is 4. The normalized spacial score (nSPS) is 18.8. The van der Waals surface area contributed by atoms with E-state index in [1.807, 2.05) is 30.5 Å². The molecule has 2 aliphatic heterocycles. The summed E-state index contributed by atoms with van der Waals surface area (Å²) in [4.78, 5) is 18.5. The summed E-state index contributed by atoms with van der Waals surface area (Å²) in [6.07, 6.45) is 3.51. The number of thioether (sulfide) groups is 1. The van der Waals surface area contributed by atoms with Gasteiger partial charge in [-0.05, 0) is 35.9 Å². The van der Waals surface area contributed by atoms with Gasteiger partial charge in [0.25, 0.3) is 5.91 Å². The van der Waals surface area contributed by atoms with E-state index in [0.29, 0.717) is 0 Å². The first-order chi connectivity index (χ1) is 12.7. The number of amides is 1. The lowest BCUT2D eigenvalue weighted by Crippen LogP contribution is -2.46. The van der Waals surface area contributed by atoms with E-state index in [1.165, 1.54) is 0 Å². The first kappa shape index (κ1) is 19.8. The molecule has 0 radical (unpaired) electrons.